The summed E-state index contributed by atoms with van der Waals surface area (Å²) < 4.78 is 32.0. The summed E-state index contributed by atoms with van der Waals surface area (Å²) in [6, 6.07) is 5.00. The van der Waals surface area contributed by atoms with E-state index in [1.54, 1.807) is 26.2 Å². The Bertz CT molecular complexity index is 502. The highest BCUT2D eigenvalue weighted by Crippen LogP contribution is 2.16. The lowest BCUT2D eigenvalue weighted by Gasteiger charge is -2.16. The van der Waals surface area contributed by atoms with Crippen LogP contribution in [-0.4, -0.2) is 33.5 Å². The van der Waals surface area contributed by atoms with Crippen LogP contribution < -0.4 is 4.72 Å². The van der Waals surface area contributed by atoms with E-state index in [0.29, 0.717) is 16.8 Å². The number of rotatable bonds is 6. The molecule has 0 aromatic heterocycles. The van der Waals surface area contributed by atoms with Gasteiger partial charge in [-0.2, -0.15) is 0 Å². The molecule has 0 bridgehead atoms. The Kier molecular flexibility index (Phi) is 5.78. The molecule has 0 amide bonds. The first-order valence-corrected chi connectivity index (χ1v) is 8.15. The van der Waals surface area contributed by atoms with Crippen LogP contribution in [0.5, 0.6) is 0 Å². The van der Waals surface area contributed by atoms with Gasteiger partial charge in [-0.3, -0.25) is 0 Å². The van der Waals surface area contributed by atoms with Gasteiger partial charge in [0.2, 0.25) is 10.0 Å². The summed E-state index contributed by atoms with van der Waals surface area (Å²) in [5.41, 5.74) is 1.79. The number of nitrogens with one attached hydrogen (secondary N) is 1. The topological polar surface area (TPSA) is 55.4 Å². The average Bonchev–Trinajstić information content (AvgIpc) is 2.27. The average molecular weight is 336 g/mol. The number of halogens is 1. The molecule has 18 heavy (non-hydrogen) atoms. The molecule has 0 spiro atoms. The Hall–Kier alpha value is -0.430. The van der Waals surface area contributed by atoms with Gasteiger partial charge in [0.15, 0.2) is 0 Å². The van der Waals surface area contributed by atoms with E-state index in [1.807, 2.05) is 13.0 Å². The van der Waals surface area contributed by atoms with Crippen molar-refractivity contribution in [2.75, 3.05) is 19.0 Å². The van der Waals surface area contributed by atoms with E-state index in [1.165, 1.54) is 0 Å². The summed E-state index contributed by atoms with van der Waals surface area (Å²) in [6.45, 7) is 4.06. The Morgan fingerprint density at radius 1 is 1.39 bits per heavy atom. The molecule has 1 rings (SSSR count). The molecule has 1 aromatic carbocycles. The van der Waals surface area contributed by atoms with E-state index in [4.69, 9.17) is 4.74 Å². The normalized spacial score (nSPS) is 13.6. The molecule has 0 fully saturated rings. The van der Waals surface area contributed by atoms with E-state index >= 15 is 0 Å². The fourth-order valence-electron chi connectivity index (χ4n) is 1.69. The predicted molar refractivity (Wildman–Crippen MR) is 75.7 cm³/mol. The molecule has 0 saturated carbocycles. The molecule has 102 valence electrons. The highest BCUT2D eigenvalue weighted by Gasteiger charge is 2.21. The zero-order valence-corrected chi connectivity index (χ0v) is 13.1. The lowest BCUT2D eigenvalue weighted by Crippen LogP contribution is -2.39. The van der Waals surface area contributed by atoms with Crippen LogP contribution in [0, 0.1) is 13.8 Å². The van der Waals surface area contributed by atoms with Gasteiger partial charge in [0, 0.05) is 12.4 Å². The minimum atomic E-state index is -3.50. The summed E-state index contributed by atoms with van der Waals surface area (Å²) >= 11 is 3.27. The van der Waals surface area contributed by atoms with Gasteiger partial charge in [0.1, 0.15) is 0 Å². The molecule has 0 radical (unpaired) electrons. The smallest absolute Gasteiger partial charge is 0.241 e. The molecule has 1 aromatic rings. The molecule has 1 N–H and O–H groups in total. The van der Waals surface area contributed by atoms with Gasteiger partial charge in [0.05, 0.1) is 17.5 Å². The second-order valence-corrected chi connectivity index (χ2v) is 6.53. The molecular weight excluding hydrogens is 318 g/mol. The Morgan fingerprint density at radius 3 is 2.56 bits per heavy atom. The van der Waals surface area contributed by atoms with E-state index in [0.717, 1.165) is 11.1 Å². The molecule has 0 heterocycles. The third-order valence-electron chi connectivity index (χ3n) is 2.50. The largest absolute Gasteiger partial charge is 0.383 e. The number of sulfonamides is 1. The van der Waals surface area contributed by atoms with Crippen LogP contribution in [0.2, 0.25) is 0 Å². The summed E-state index contributed by atoms with van der Waals surface area (Å²) in [5, 5.41) is 0.505. The highest BCUT2D eigenvalue weighted by molar-refractivity contribution is 9.09. The van der Waals surface area contributed by atoms with Crippen molar-refractivity contribution in [1.82, 2.24) is 4.72 Å². The summed E-state index contributed by atoms with van der Waals surface area (Å²) in [5.74, 6) is 0. The van der Waals surface area contributed by atoms with Crippen LogP contribution in [0.1, 0.15) is 11.1 Å². The van der Waals surface area contributed by atoms with Gasteiger partial charge >= 0.3 is 0 Å². The first-order chi connectivity index (χ1) is 8.40. The van der Waals surface area contributed by atoms with Gasteiger partial charge in [-0.05, 0) is 25.5 Å². The second kappa shape index (κ2) is 6.65. The van der Waals surface area contributed by atoms with E-state index in [2.05, 4.69) is 20.7 Å². The monoisotopic (exact) mass is 335 g/mol. The maximum atomic E-state index is 12.2. The van der Waals surface area contributed by atoms with Gasteiger partial charge in [0.25, 0.3) is 0 Å². The predicted octanol–water partition coefficient (Wildman–Crippen LogP) is 1.99. The number of methoxy groups -OCH3 is 1. The molecule has 0 aliphatic carbocycles. The maximum Gasteiger partial charge on any atom is 0.241 e. The van der Waals surface area contributed by atoms with Crippen LogP contribution >= 0.6 is 15.9 Å². The van der Waals surface area contributed by atoms with Crippen molar-refractivity contribution in [2.24, 2.45) is 0 Å². The zero-order chi connectivity index (χ0) is 13.8. The van der Waals surface area contributed by atoms with Crippen molar-refractivity contribution in [3.63, 3.8) is 0 Å². The van der Waals surface area contributed by atoms with Gasteiger partial charge in [-0.15, -0.1) is 0 Å². The standard InChI is InChI=1S/C12H18BrNO3S/c1-9-4-5-12(10(2)6-9)18(15,16)14-11(7-13)8-17-3/h4-6,11,14H,7-8H2,1-3H3. The van der Waals surface area contributed by atoms with Crippen LogP contribution in [0.3, 0.4) is 0 Å². The molecule has 0 saturated heterocycles. The zero-order valence-electron chi connectivity index (χ0n) is 10.7. The van der Waals surface area contributed by atoms with Crippen molar-refractivity contribution < 1.29 is 13.2 Å². The van der Waals surface area contributed by atoms with Gasteiger partial charge < -0.3 is 4.74 Å². The van der Waals surface area contributed by atoms with E-state index in [9.17, 15) is 8.42 Å². The highest BCUT2D eigenvalue weighted by atomic mass is 79.9. The summed E-state index contributed by atoms with van der Waals surface area (Å²) in [4.78, 5) is 0.315. The van der Waals surface area contributed by atoms with Crippen molar-refractivity contribution >= 4 is 26.0 Å². The minimum absolute atomic E-state index is 0.277. The first-order valence-electron chi connectivity index (χ1n) is 5.55. The van der Waals surface area contributed by atoms with Crippen molar-refractivity contribution in [3.8, 4) is 0 Å². The Morgan fingerprint density at radius 2 is 2.06 bits per heavy atom. The molecule has 0 aliphatic heterocycles. The lowest BCUT2D eigenvalue weighted by atomic mass is 10.2. The molecule has 1 unspecified atom stereocenters. The van der Waals surface area contributed by atoms with Crippen molar-refractivity contribution in [1.29, 1.82) is 0 Å². The SMILES string of the molecule is COCC(CBr)NS(=O)(=O)c1ccc(C)cc1C. The van der Waals surface area contributed by atoms with Gasteiger partial charge in [-0.25, -0.2) is 13.1 Å². The number of hydrogen-bond acceptors (Lipinski definition) is 3. The molecule has 6 heteroatoms. The van der Waals surface area contributed by atoms with Crippen LogP contribution in [0.25, 0.3) is 0 Å². The van der Waals surface area contributed by atoms with Gasteiger partial charge in [-0.1, -0.05) is 33.6 Å². The summed E-state index contributed by atoms with van der Waals surface area (Å²) in [6.07, 6.45) is 0. The quantitative estimate of drug-likeness (QED) is 0.809. The van der Waals surface area contributed by atoms with Crippen molar-refractivity contribution in [2.45, 2.75) is 24.8 Å². The number of benzene rings is 1. The first kappa shape index (κ1) is 15.6. The molecule has 1 atom stereocenters. The van der Waals surface area contributed by atoms with E-state index in [-0.39, 0.29) is 6.04 Å². The molecular formula is C12H18BrNO3S. The lowest BCUT2D eigenvalue weighted by molar-refractivity contribution is 0.182. The Balaban J connectivity index is 2.99. The fraction of sp³-hybridized carbons (Fsp3) is 0.500. The van der Waals surface area contributed by atoms with Crippen molar-refractivity contribution in [3.05, 3.63) is 29.3 Å². The summed E-state index contributed by atoms with van der Waals surface area (Å²) in [7, 11) is -1.96. The molecule has 0 aliphatic rings. The van der Waals surface area contributed by atoms with E-state index < -0.39 is 10.0 Å². The Labute approximate surface area is 117 Å². The number of alkyl halides is 1. The number of ether oxygens (including phenoxy) is 1. The number of aryl methyl sites for hydroxylation is 2. The second-order valence-electron chi connectivity index (χ2n) is 4.20. The maximum absolute atomic E-state index is 12.2. The third kappa shape index (κ3) is 4.05. The fourth-order valence-corrected chi connectivity index (χ4v) is 3.71. The van der Waals surface area contributed by atoms with Crippen LogP contribution in [0.4, 0.5) is 0 Å². The number of hydrogen-bond donors (Lipinski definition) is 1. The van der Waals surface area contributed by atoms with Crippen LogP contribution in [-0.2, 0) is 14.8 Å². The molecule has 4 nitrogen and oxygen atoms in total. The van der Waals surface area contributed by atoms with Crippen LogP contribution in [0.15, 0.2) is 23.1 Å². The minimum Gasteiger partial charge on any atom is -0.383 e. The third-order valence-corrected chi connectivity index (χ3v) is 4.96.